The van der Waals surface area contributed by atoms with E-state index < -0.39 is 0 Å². The van der Waals surface area contributed by atoms with Crippen LogP contribution < -0.4 is 11.0 Å². The zero-order valence-corrected chi connectivity index (χ0v) is 16.3. The van der Waals surface area contributed by atoms with Gasteiger partial charge in [0.05, 0.1) is 22.7 Å². The van der Waals surface area contributed by atoms with Crippen molar-refractivity contribution in [2.24, 2.45) is 11.0 Å². The predicted octanol–water partition coefficient (Wildman–Crippen LogP) is 3.72. The summed E-state index contributed by atoms with van der Waals surface area (Å²) in [6.07, 6.45) is 0.379. The van der Waals surface area contributed by atoms with Crippen molar-refractivity contribution in [2.75, 3.05) is 0 Å². The minimum atomic E-state index is -0.218. The molecule has 0 spiro atoms. The Bertz CT molecular complexity index is 1030. The van der Waals surface area contributed by atoms with Crippen LogP contribution in [-0.4, -0.2) is 21.4 Å². The molecule has 2 N–H and O–H groups in total. The first-order chi connectivity index (χ1) is 13.5. The second kappa shape index (κ2) is 8.52. The Morgan fingerprint density at radius 2 is 1.68 bits per heavy atom. The average Bonchev–Trinajstić information content (AvgIpc) is 3.04. The Hall–Kier alpha value is -3.41. The maximum atomic E-state index is 13.2. The highest BCUT2D eigenvalue weighted by molar-refractivity contribution is 6.03. The number of hydrazone groups is 1. The molecule has 1 heterocycles. The van der Waals surface area contributed by atoms with Gasteiger partial charge in [-0.05, 0) is 25.0 Å². The zero-order valence-electron chi connectivity index (χ0n) is 16.3. The van der Waals surface area contributed by atoms with Crippen LogP contribution in [0, 0.1) is 5.92 Å². The molecule has 3 rings (SSSR count). The molecule has 0 aliphatic carbocycles. The summed E-state index contributed by atoms with van der Waals surface area (Å²) < 4.78 is 1.49. The van der Waals surface area contributed by atoms with E-state index in [1.807, 2.05) is 74.5 Å². The van der Waals surface area contributed by atoms with E-state index in [1.165, 1.54) is 4.68 Å². The van der Waals surface area contributed by atoms with Gasteiger partial charge < -0.3 is 0 Å². The van der Waals surface area contributed by atoms with Crippen LogP contribution in [0.5, 0.6) is 0 Å². The van der Waals surface area contributed by atoms with Gasteiger partial charge in [-0.3, -0.25) is 14.7 Å². The first-order valence-corrected chi connectivity index (χ1v) is 9.26. The number of H-pyrrole nitrogens is 1. The van der Waals surface area contributed by atoms with Gasteiger partial charge in [-0.25, -0.2) is 10.1 Å². The molecule has 0 aliphatic heterocycles. The molecule has 0 saturated carbocycles. The molecule has 0 bridgehead atoms. The molecule has 6 heteroatoms. The van der Waals surface area contributed by atoms with Crippen LogP contribution in [0.2, 0.25) is 0 Å². The average molecular weight is 376 g/mol. The molecule has 0 fully saturated rings. The summed E-state index contributed by atoms with van der Waals surface area (Å²) in [6.45, 7) is 5.66. The standard InChI is InChI=1S/C22H24N4O2/c1-15(2)14-19(27)24-23-16(3)20-21(17-10-6-4-7-11-17)25-26(22(20)28)18-12-8-5-9-13-18/h4-13,15,25H,14H2,1-3H3,(H,24,27)/b23-16+. The van der Waals surface area contributed by atoms with Gasteiger partial charge in [0.1, 0.15) is 0 Å². The van der Waals surface area contributed by atoms with E-state index in [4.69, 9.17) is 0 Å². The monoisotopic (exact) mass is 376 g/mol. The fourth-order valence-electron chi connectivity index (χ4n) is 2.96. The van der Waals surface area contributed by atoms with Crippen LogP contribution in [-0.2, 0) is 4.79 Å². The van der Waals surface area contributed by atoms with Crippen molar-refractivity contribution < 1.29 is 4.79 Å². The molecular formula is C22H24N4O2. The molecule has 0 radical (unpaired) electrons. The lowest BCUT2D eigenvalue weighted by Crippen LogP contribution is -2.24. The number of nitrogens with one attached hydrogen (secondary N) is 2. The smallest absolute Gasteiger partial charge is 0.281 e. The molecule has 144 valence electrons. The van der Waals surface area contributed by atoms with E-state index in [0.29, 0.717) is 23.4 Å². The number of aromatic nitrogens is 2. The van der Waals surface area contributed by atoms with Crippen molar-refractivity contribution in [3.63, 3.8) is 0 Å². The van der Waals surface area contributed by atoms with E-state index >= 15 is 0 Å². The van der Waals surface area contributed by atoms with Crippen LogP contribution in [0.25, 0.3) is 16.9 Å². The van der Waals surface area contributed by atoms with Crippen LogP contribution in [0.4, 0.5) is 0 Å². The van der Waals surface area contributed by atoms with Crippen molar-refractivity contribution in [1.82, 2.24) is 15.2 Å². The third-order valence-corrected chi connectivity index (χ3v) is 4.27. The lowest BCUT2D eigenvalue weighted by atomic mass is 10.1. The fraction of sp³-hybridized carbons (Fsp3) is 0.227. The van der Waals surface area contributed by atoms with Gasteiger partial charge in [-0.2, -0.15) is 5.10 Å². The highest BCUT2D eigenvalue weighted by Crippen LogP contribution is 2.21. The number of nitrogens with zero attached hydrogens (tertiary/aromatic N) is 2. The summed E-state index contributed by atoms with van der Waals surface area (Å²) in [5, 5.41) is 7.38. The number of carbonyl (C=O) groups is 1. The van der Waals surface area contributed by atoms with Gasteiger partial charge in [0, 0.05) is 12.0 Å². The predicted molar refractivity (Wildman–Crippen MR) is 112 cm³/mol. The second-order valence-corrected chi connectivity index (χ2v) is 7.03. The Kier molecular flexibility index (Phi) is 5.89. The third kappa shape index (κ3) is 4.28. The van der Waals surface area contributed by atoms with Crippen LogP contribution in [0.1, 0.15) is 32.8 Å². The normalized spacial score (nSPS) is 11.6. The van der Waals surface area contributed by atoms with Crippen LogP contribution >= 0.6 is 0 Å². The number of para-hydroxylation sites is 1. The Labute approximate surface area is 163 Å². The zero-order chi connectivity index (χ0) is 20.1. The van der Waals surface area contributed by atoms with Crippen molar-refractivity contribution in [3.8, 4) is 16.9 Å². The van der Waals surface area contributed by atoms with Gasteiger partial charge in [0.2, 0.25) is 5.91 Å². The minimum Gasteiger partial charge on any atom is -0.290 e. The van der Waals surface area contributed by atoms with Gasteiger partial charge in [-0.1, -0.05) is 62.4 Å². The highest BCUT2D eigenvalue weighted by Gasteiger charge is 2.19. The number of rotatable bonds is 6. The number of amides is 1. The van der Waals surface area contributed by atoms with Crippen molar-refractivity contribution in [3.05, 3.63) is 76.6 Å². The SMILES string of the molecule is C/C(=N\NC(=O)CC(C)C)c1c(-c2ccccc2)[nH]n(-c2ccccc2)c1=O. The van der Waals surface area contributed by atoms with Gasteiger partial charge in [-0.15, -0.1) is 0 Å². The Morgan fingerprint density at radius 1 is 1.07 bits per heavy atom. The van der Waals surface area contributed by atoms with E-state index in [0.717, 1.165) is 11.3 Å². The number of benzene rings is 2. The van der Waals surface area contributed by atoms with E-state index in [2.05, 4.69) is 15.6 Å². The highest BCUT2D eigenvalue weighted by atomic mass is 16.2. The lowest BCUT2D eigenvalue weighted by molar-refractivity contribution is -0.121. The first kappa shape index (κ1) is 19.4. The van der Waals surface area contributed by atoms with Crippen molar-refractivity contribution in [2.45, 2.75) is 27.2 Å². The molecule has 0 saturated heterocycles. The van der Waals surface area contributed by atoms with Crippen molar-refractivity contribution >= 4 is 11.6 Å². The second-order valence-electron chi connectivity index (χ2n) is 7.03. The number of hydrogen-bond acceptors (Lipinski definition) is 3. The van der Waals surface area contributed by atoms with E-state index in [1.54, 1.807) is 6.92 Å². The number of carbonyl (C=O) groups excluding carboxylic acids is 1. The topological polar surface area (TPSA) is 79.2 Å². The summed E-state index contributed by atoms with van der Waals surface area (Å²) >= 11 is 0. The molecule has 0 aliphatic rings. The van der Waals surface area contributed by atoms with Gasteiger partial charge in [0.25, 0.3) is 5.56 Å². The number of aromatic amines is 1. The molecule has 0 unspecified atom stereocenters. The Balaban J connectivity index is 2.07. The van der Waals surface area contributed by atoms with Gasteiger partial charge >= 0.3 is 0 Å². The van der Waals surface area contributed by atoms with E-state index in [-0.39, 0.29) is 17.4 Å². The van der Waals surface area contributed by atoms with Crippen LogP contribution in [0.3, 0.4) is 0 Å². The third-order valence-electron chi connectivity index (χ3n) is 4.27. The molecule has 28 heavy (non-hydrogen) atoms. The molecule has 0 atom stereocenters. The minimum absolute atomic E-state index is 0.172. The summed E-state index contributed by atoms with van der Waals surface area (Å²) in [5.41, 5.74) is 5.48. The fourth-order valence-corrected chi connectivity index (χ4v) is 2.96. The van der Waals surface area contributed by atoms with Gasteiger partial charge in [0.15, 0.2) is 0 Å². The maximum Gasteiger partial charge on any atom is 0.281 e. The molecule has 1 amide bonds. The van der Waals surface area contributed by atoms with E-state index in [9.17, 15) is 9.59 Å². The quantitative estimate of drug-likeness (QED) is 0.508. The Morgan fingerprint density at radius 3 is 2.29 bits per heavy atom. The maximum absolute atomic E-state index is 13.2. The summed E-state index contributed by atoms with van der Waals surface area (Å²) in [7, 11) is 0. The summed E-state index contributed by atoms with van der Waals surface area (Å²) in [5.74, 6) is 0.0625. The summed E-state index contributed by atoms with van der Waals surface area (Å²) in [4.78, 5) is 25.1. The summed E-state index contributed by atoms with van der Waals surface area (Å²) in [6, 6.07) is 18.9. The van der Waals surface area contributed by atoms with Crippen molar-refractivity contribution in [1.29, 1.82) is 0 Å². The largest absolute Gasteiger partial charge is 0.290 e. The number of hydrogen-bond donors (Lipinski definition) is 2. The first-order valence-electron chi connectivity index (χ1n) is 9.26. The lowest BCUT2D eigenvalue weighted by Gasteiger charge is -2.05. The molecule has 6 nitrogen and oxygen atoms in total. The van der Waals surface area contributed by atoms with Crippen LogP contribution in [0.15, 0.2) is 70.6 Å². The molecule has 2 aromatic carbocycles. The molecular weight excluding hydrogens is 352 g/mol. The molecule has 3 aromatic rings. The molecule has 1 aromatic heterocycles.